The van der Waals surface area contributed by atoms with Crippen LogP contribution in [0, 0.1) is 6.92 Å². The number of guanidine groups is 1. The van der Waals surface area contributed by atoms with Gasteiger partial charge in [0.15, 0.2) is 5.96 Å². The van der Waals surface area contributed by atoms with Crippen LogP contribution in [0.25, 0.3) is 0 Å². The van der Waals surface area contributed by atoms with Gasteiger partial charge in [0.05, 0.1) is 0 Å². The molecule has 1 unspecified atom stereocenters. The van der Waals surface area contributed by atoms with E-state index in [9.17, 15) is 0 Å². The van der Waals surface area contributed by atoms with Gasteiger partial charge in [-0.15, -0.1) is 0 Å². The van der Waals surface area contributed by atoms with Gasteiger partial charge in [-0.2, -0.15) is 0 Å². The minimum atomic E-state index is 0.464. The molecule has 0 radical (unpaired) electrons. The average Bonchev–Trinajstić information content (AvgIpc) is 2.60. The van der Waals surface area contributed by atoms with Crippen LogP contribution in [-0.2, 0) is 0 Å². The Balaban J connectivity index is 2.25. The summed E-state index contributed by atoms with van der Waals surface area (Å²) in [6.45, 7) is 14.2. The van der Waals surface area contributed by atoms with Gasteiger partial charge >= 0.3 is 0 Å². The number of benzene rings is 1. The van der Waals surface area contributed by atoms with Crippen molar-refractivity contribution in [1.82, 2.24) is 15.5 Å². The maximum Gasteiger partial charge on any atom is 0.190 e. The van der Waals surface area contributed by atoms with Crippen molar-refractivity contribution in [3.63, 3.8) is 0 Å². The van der Waals surface area contributed by atoms with E-state index < -0.39 is 0 Å². The molecular formula is C20H36N4. The van der Waals surface area contributed by atoms with Crippen molar-refractivity contribution in [1.29, 1.82) is 0 Å². The second kappa shape index (κ2) is 11.9. The first-order valence-electron chi connectivity index (χ1n) is 9.34. The van der Waals surface area contributed by atoms with E-state index in [2.05, 4.69) is 72.5 Å². The molecule has 0 heterocycles. The summed E-state index contributed by atoms with van der Waals surface area (Å²) in [5, 5.41) is 6.86. The fourth-order valence-electron chi connectivity index (χ4n) is 2.77. The van der Waals surface area contributed by atoms with Crippen LogP contribution in [0.15, 0.2) is 29.3 Å². The van der Waals surface area contributed by atoms with Crippen LogP contribution in [0.3, 0.4) is 0 Å². The number of unbranched alkanes of at least 4 members (excludes halogenated alkanes) is 1. The molecule has 0 aromatic heterocycles. The molecule has 1 atom stereocenters. The number of aryl methyl sites for hydroxylation is 1. The third kappa shape index (κ3) is 7.82. The highest BCUT2D eigenvalue weighted by Crippen LogP contribution is 2.15. The molecule has 2 N–H and O–H groups in total. The number of nitrogens with one attached hydrogen (secondary N) is 2. The van der Waals surface area contributed by atoms with Crippen LogP contribution in [0.4, 0.5) is 0 Å². The van der Waals surface area contributed by atoms with Gasteiger partial charge in [0.2, 0.25) is 0 Å². The van der Waals surface area contributed by atoms with Crippen LogP contribution in [0.5, 0.6) is 0 Å². The number of nitrogens with zero attached hydrogens (tertiary/aromatic N) is 2. The molecule has 1 aromatic carbocycles. The number of hydrogen-bond acceptors (Lipinski definition) is 2. The fraction of sp³-hybridized carbons (Fsp3) is 0.650. The second-order valence-electron chi connectivity index (χ2n) is 6.43. The van der Waals surface area contributed by atoms with Gasteiger partial charge in [0.1, 0.15) is 0 Å². The van der Waals surface area contributed by atoms with E-state index in [4.69, 9.17) is 0 Å². The van der Waals surface area contributed by atoms with E-state index in [1.54, 1.807) is 0 Å². The lowest BCUT2D eigenvalue weighted by Crippen LogP contribution is -2.39. The van der Waals surface area contributed by atoms with Crippen molar-refractivity contribution in [2.75, 3.05) is 39.8 Å². The van der Waals surface area contributed by atoms with Crippen molar-refractivity contribution in [3.8, 4) is 0 Å². The number of rotatable bonds is 10. The largest absolute Gasteiger partial charge is 0.356 e. The Morgan fingerprint density at radius 3 is 2.54 bits per heavy atom. The normalized spacial score (nSPS) is 13.2. The van der Waals surface area contributed by atoms with E-state index >= 15 is 0 Å². The first kappa shape index (κ1) is 20.5. The lowest BCUT2D eigenvalue weighted by atomic mass is 9.99. The molecule has 4 heteroatoms. The van der Waals surface area contributed by atoms with Gasteiger partial charge in [0.25, 0.3) is 0 Å². The predicted octanol–water partition coefficient (Wildman–Crippen LogP) is 3.39. The molecule has 24 heavy (non-hydrogen) atoms. The zero-order chi connectivity index (χ0) is 17.8. The lowest BCUT2D eigenvalue weighted by molar-refractivity contribution is 0.297. The van der Waals surface area contributed by atoms with Gasteiger partial charge in [-0.1, -0.05) is 50.6 Å². The van der Waals surface area contributed by atoms with Crippen molar-refractivity contribution < 1.29 is 0 Å². The number of aliphatic imine (C=N–C) groups is 1. The minimum absolute atomic E-state index is 0.464. The first-order chi connectivity index (χ1) is 11.6. The van der Waals surface area contributed by atoms with Gasteiger partial charge in [-0.25, -0.2) is 0 Å². The molecule has 0 bridgehead atoms. The standard InChI is InChI=1S/C20H36N4/c1-6-24(7-2)14-9-8-13-22-20(21-5)23-16-18(4)19-12-10-11-17(3)15-19/h10-12,15,18H,6-9,13-14,16H2,1-5H3,(H2,21,22,23). The maximum absolute atomic E-state index is 4.32. The molecule has 0 saturated heterocycles. The van der Waals surface area contributed by atoms with Gasteiger partial charge < -0.3 is 15.5 Å². The summed E-state index contributed by atoms with van der Waals surface area (Å²) in [6.07, 6.45) is 2.40. The molecule has 0 aliphatic rings. The highest BCUT2D eigenvalue weighted by Gasteiger charge is 2.07. The Hall–Kier alpha value is -1.55. The van der Waals surface area contributed by atoms with Gasteiger partial charge in [0, 0.05) is 20.1 Å². The van der Waals surface area contributed by atoms with Gasteiger partial charge in [-0.05, 0) is 50.9 Å². The monoisotopic (exact) mass is 332 g/mol. The number of hydrogen-bond donors (Lipinski definition) is 2. The van der Waals surface area contributed by atoms with Crippen LogP contribution < -0.4 is 10.6 Å². The zero-order valence-electron chi connectivity index (χ0n) is 16.2. The minimum Gasteiger partial charge on any atom is -0.356 e. The van der Waals surface area contributed by atoms with Crippen molar-refractivity contribution in [3.05, 3.63) is 35.4 Å². The highest BCUT2D eigenvalue weighted by atomic mass is 15.2. The van der Waals surface area contributed by atoms with Crippen molar-refractivity contribution >= 4 is 5.96 Å². The molecule has 1 aromatic rings. The van der Waals surface area contributed by atoms with E-state index in [-0.39, 0.29) is 0 Å². The van der Waals surface area contributed by atoms with Crippen molar-refractivity contribution in [2.24, 2.45) is 4.99 Å². The Bertz CT molecular complexity index is 480. The third-order valence-electron chi connectivity index (χ3n) is 4.50. The van der Waals surface area contributed by atoms with Crippen LogP contribution in [0.2, 0.25) is 0 Å². The summed E-state index contributed by atoms with van der Waals surface area (Å²) in [5.74, 6) is 1.36. The smallest absolute Gasteiger partial charge is 0.190 e. The quantitative estimate of drug-likeness (QED) is 0.392. The van der Waals surface area contributed by atoms with Crippen LogP contribution in [0.1, 0.15) is 50.7 Å². The fourth-order valence-corrected chi connectivity index (χ4v) is 2.77. The third-order valence-corrected chi connectivity index (χ3v) is 4.50. The summed E-state index contributed by atoms with van der Waals surface area (Å²) in [7, 11) is 1.84. The topological polar surface area (TPSA) is 39.7 Å². The summed E-state index contributed by atoms with van der Waals surface area (Å²) >= 11 is 0. The molecule has 0 aliphatic carbocycles. The zero-order valence-corrected chi connectivity index (χ0v) is 16.2. The Morgan fingerprint density at radius 2 is 1.92 bits per heavy atom. The Labute approximate surface area is 148 Å². The molecule has 0 amide bonds. The predicted molar refractivity (Wildman–Crippen MR) is 106 cm³/mol. The van der Waals surface area contributed by atoms with E-state index in [1.165, 1.54) is 30.5 Å². The molecular weight excluding hydrogens is 296 g/mol. The average molecular weight is 333 g/mol. The van der Waals surface area contributed by atoms with E-state index in [0.717, 1.165) is 32.1 Å². The molecule has 136 valence electrons. The lowest BCUT2D eigenvalue weighted by Gasteiger charge is -2.18. The van der Waals surface area contributed by atoms with Crippen LogP contribution >= 0.6 is 0 Å². The van der Waals surface area contributed by atoms with E-state index in [1.807, 2.05) is 7.05 Å². The molecule has 0 fully saturated rings. The highest BCUT2D eigenvalue weighted by molar-refractivity contribution is 5.79. The van der Waals surface area contributed by atoms with Gasteiger partial charge in [-0.3, -0.25) is 4.99 Å². The van der Waals surface area contributed by atoms with Crippen molar-refractivity contribution in [2.45, 2.75) is 46.5 Å². The first-order valence-corrected chi connectivity index (χ1v) is 9.34. The van der Waals surface area contributed by atoms with E-state index in [0.29, 0.717) is 5.92 Å². The summed E-state index contributed by atoms with van der Waals surface area (Å²) < 4.78 is 0. The Morgan fingerprint density at radius 1 is 1.17 bits per heavy atom. The Kier molecular flexibility index (Phi) is 10.2. The molecule has 0 spiro atoms. The second-order valence-corrected chi connectivity index (χ2v) is 6.43. The SMILES string of the molecule is CCN(CC)CCCCNC(=NC)NCC(C)c1cccc(C)c1. The molecule has 0 aliphatic heterocycles. The summed E-state index contributed by atoms with van der Waals surface area (Å²) in [4.78, 5) is 6.79. The maximum atomic E-state index is 4.32. The summed E-state index contributed by atoms with van der Waals surface area (Å²) in [6, 6.07) is 8.73. The summed E-state index contributed by atoms with van der Waals surface area (Å²) in [5.41, 5.74) is 2.69. The molecule has 1 rings (SSSR count). The van der Waals surface area contributed by atoms with Crippen LogP contribution in [-0.4, -0.2) is 50.6 Å². The molecule has 4 nitrogen and oxygen atoms in total. The molecule has 0 saturated carbocycles.